The first kappa shape index (κ1) is 16.5. The van der Waals surface area contributed by atoms with E-state index in [1.165, 1.54) is 24.8 Å². The molecule has 0 aromatic heterocycles. The van der Waals surface area contributed by atoms with Crippen LogP contribution in [0.5, 0.6) is 0 Å². The molecule has 3 heterocycles. The van der Waals surface area contributed by atoms with E-state index >= 15 is 0 Å². The summed E-state index contributed by atoms with van der Waals surface area (Å²) in [6, 6.07) is 11.0. The van der Waals surface area contributed by atoms with Crippen LogP contribution in [0.4, 0.5) is 0 Å². The Morgan fingerprint density at radius 1 is 0.828 bits per heavy atom. The van der Waals surface area contributed by atoms with Crippen LogP contribution in [0.15, 0.2) is 42.0 Å². The van der Waals surface area contributed by atoms with Crippen LogP contribution >= 0.6 is 0 Å². The molecule has 1 aromatic rings. The van der Waals surface area contributed by atoms with Crippen LogP contribution in [-0.2, 0) is 24.5 Å². The van der Waals surface area contributed by atoms with Gasteiger partial charge in [-0.25, -0.2) is 0 Å². The third kappa shape index (κ3) is 1.69. The molecule has 2 spiro atoms. The molecule has 4 heteroatoms. The molecule has 8 rings (SSSR count). The van der Waals surface area contributed by atoms with Gasteiger partial charge in [0.25, 0.3) is 0 Å². The minimum atomic E-state index is -0.362. The molecule has 4 nitrogen and oxygen atoms in total. The maximum atomic E-state index is 6.71. The minimum absolute atomic E-state index is 0.0228. The SMILES string of the molecule is C1=C2[C@@H](CC[C@@]34CC5(CC[C@@]23O4)OCCO5)[C@@H]2CC[C@]3(c4ccccc4)O[C@]23C1. The average Bonchev–Trinajstić information content (AvgIpc) is 3.49. The minimum Gasteiger partial charge on any atom is -0.358 e. The molecule has 3 aliphatic heterocycles. The van der Waals surface area contributed by atoms with E-state index in [0.29, 0.717) is 11.8 Å². The maximum Gasteiger partial charge on any atom is 0.171 e. The van der Waals surface area contributed by atoms with Gasteiger partial charge >= 0.3 is 0 Å². The van der Waals surface area contributed by atoms with E-state index in [1.807, 2.05) is 0 Å². The number of rotatable bonds is 1. The standard InChI is InChI=1S/C25H28O4/c1-2-4-17(5-3-1)23-10-7-20-18-6-9-21-16-22(26-14-15-27-22)12-13-24(21,28-21)19(18)8-11-25(20,23)29-23/h1-5,8,18,20H,6-7,9-16H2/t18-,20+,21-,23-,24-,25-/m1/s1. The van der Waals surface area contributed by atoms with Gasteiger partial charge in [0.15, 0.2) is 5.79 Å². The van der Waals surface area contributed by atoms with E-state index in [4.69, 9.17) is 18.9 Å². The van der Waals surface area contributed by atoms with Gasteiger partial charge in [0.1, 0.15) is 22.4 Å². The first-order chi connectivity index (χ1) is 14.2. The van der Waals surface area contributed by atoms with Crippen LogP contribution < -0.4 is 0 Å². The highest BCUT2D eigenvalue weighted by Crippen LogP contribution is 2.78. The molecule has 4 aliphatic carbocycles. The predicted octanol–water partition coefficient (Wildman–Crippen LogP) is 4.24. The van der Waals surface area contributed by atoms with Gasteiger partial charge in [-0.2, -0.15) is 0 Å². The van der Waals surface area contributed by atoms with Crippen molar-refractivity contribution >= 4 is 0 Å². The van der Waals surface area contributed by atoms with Crippen molar-refractivity contribution in [2.45, 2.75) is 79.6 Å². The quantitative estimate of drug-likeness (QED) is 0.530. The first-order valence-corrected chi connectivity index (χ1v) is 11.6. The van der Waals surface area contributed by atoms with Gasteiger partial charge in [0.05, 0.1) is 13.2 Å². The summed E-state index contributed by atoms with van der Waals surface area (Å²) in [5.41, 5.74) is 2.97. The number of benzene rings is 1. The Balaban J connectivity index is 1.15. The Morgan fingerprint density at radius 3 is 2.55 bits per heavy atom. The van der Waals surface area contributed by atoms with E-state index in [1.54, 1.807) is 5.57 Å². The van der Waals surface area contributed by atoms with Crippen molar-refractivity contribution in [1.82, 2.24) is 0 Å². The third-order valence-electron chi connectivity index (χ3n) is 9.77. The lowest BCUT2D eigenvalue weighted by Gasteiger charge is -2.46. The number of hydrogen-bond donors (Lipinski definition) is 0. The van der Waals surface area contributed by atoms with E-state index in [0.717, 1.165) is 45.3 Å². The fraction of sp³-hybridized carbons (Fsp3) is 0.680. The summed E-state index contributed by atoms with van der Waals surface area (Å²) in [4.78, 5) is 0. The Morgan fingerprint density at radius 2 is 1.69 bits per heavy atom. The van der Waals surface area contributed by atoms with Gasteiger partial charge in [0.2, 0.25) is 0 Å². The average molecular weight is 392 g/mol. The van der Waals surface area contributed by atoms with Gasteiger partial charge in [-0.15, -0.1) is 0 Å². The van der Waals surface area contributed by atoms with Crippen molar-refractivity contribution < 1.29 is 18.9 Å². The molecule has 0 amide bonds. The van der Waals surface area contributed by atoms with Crippen molar-refractivity contribution in [1.29, 1.82) is 0 Å². The number of hydrogen-bond acceptors (Lipinski definition) is 4. The highest BCUT2D eigenvalue weighted by atomic mass is 16.7. The Bertz CT molecular complexity index is 935. The molecular weight excluding hydrogens is 364 g/mol. The normalized spacial score (nSPS) is 52.6. The summed E-state index contributed by atoms with van der Waals surface area (Å²) in [6.07, 6.45) is 11.4. The van der Waals surface area contributed by atoms with Gasteiger partial charge < -0.3 is 18.9 Å². The van der Waals surface area contributed by atoms with Crippen molar-refractivity contribution in [3.05, 3.63) is 47.5 Å². The summed E-state index contributed by atoms with van der Waals surface area (Å²) in [7, 11) is 0. The topological polar surface area (TPSA) is 43.5 Å². The van der Waals surface area contributed by atoms with E-state index in [9.17, 15) is 0 Å². The van der Waals surface area contributed by atoms with Crippen LogP contribution in [0.3, 0.4) is 0 Å². The Kier molecular flexibility index (Phi) is 2.74. The molecule has 7 aliphatic rings. The van der Waals surface area contributed by atoms with E-state index in [2.05, 4.69) is 36.4 Å². The second-order valence-electron chi connectivity index (χ2n) is 10.5. The number of ether oxygens (including phenoxy) is 4. The molecule has 3 saturated carbocycles. The molecule has 3 saturated heterocycles. The molecule has 1 aromatic carbocycles. The summed E-state index contributed by atoms with van der Waals surface area (Å²) in [5, 5.41) is 0. The molecular formula is C25H28O4. The van der Waals surface area contributed by atoms with Crippen LogP contribution in [-0.4, -0.2) is 35.8 Å². The summed E-state index contributed by atoms with van der Waals surface area (Å²) in [5.74, 6) is 0.916. The largest absolute Gasteiger partial charge is 0.358 e. The summed E-state index contributed by atoms with van der Waals surface area (Å²) >= 11 is 0. The summed E-state index contributed by atoms with van der Waals surface area (Å²) in [6.45, 7) is 1.47. The monoisotopic (exact) mass is 392 g/mol. The van der Waals surface area contributed by atoms with Crippen molar-refractivity contribution in [3.8, 4) is 0 Å². The highest BCUT2D eigenvalue weighted by molar-refractivity contribution is 5.48. The fourth-order valence-electron chi connectivity index (χ4n) is 8.60. The zero-order valence-electron chi connectivity index (χ0n) is 16.8. The zero-order valence-corrected chi connectivity index (χ0v) is 16.8. The van der Waals surface area contributed by atoms with Crippen molar-refractivity contribution in [3.63, 3.8) is 0 Å². The lowest BCUT2D eigenvalue weighted by atomic mass is 9.57. The van der Waals surface area contributed by atoms with Gasteiger partial charge in [-0.05, 0) is 61.5 Å². The highest BCUT2D eigenvalue weighted by Gasteiger charge is 2.83. The van der Waals surface area contributed by atoms with Crippen LogP contribution in [0.25, 0.3) is 0 Å². The molecule has 6 fully saturated rings. The molecule has 152 valence electrons. The van der Waals surface area contributed by atoms with Crippen molar-refractivity contribution in [2.75, 3.05) is 13.2 Å². The lowest BCUT2D eigenvalue weighted by molar-refractivity contribution is -0.185. The summed E-state index contributed by atoms with van der Waals surface area (Å²) < 4.78 is 25.5. The molecule has 29 heavy (non-hydrogen) atoms. The van der Waals surface area contributed by atoms with Gasteiger partial charge in [-0.3, -0.25) is 0 Å². The van der Waals surface area contributed by atoms with E-state index < -0.39 is 0 Å². The number of epoxide rings is 2. The van der Waals surface area contributed by atoms with E-state index in [-0.39, 0.29) is 28.2 Å². The zero-order chi connectivity index (χ0) is 19.0. The molecule has 0 bridgehead atoms. The number of fused-ring (bicyclic) bond motifs is 2. The van der Waals surface area contributed by atoms with Crippen LogP contribution in [0.1, 0.15) is 56.9 Å². The van der Waals surface area contributed by atoms with Gasteiger partial charge in [0, 0.05) is 12.8 Å². The third-order valence-corrected chi connectivity index (χ3v) is 9.77. The van der Waals surface area contributed by atoms with Crippen LogP contribution in [0, 0.1) is 11.8 Å². The maximum absolute atomic E-state index is 6.71. The van der Waals surface area contributed by atoms with Crippen LogP contribution in [0.2, 0.25) is 0 Å². The molecule has 0 N–H and O–H groups in total. The van der Waals surface area contributed by atoms with Crippen molar-refractivity contribution in [2.24, 2.45) is 11.8 Å². The Labute approximate surface area is 171 Å². The second-order valence-corrected chi connectivity index (χ2v) is 10.5. The fourth-order valence-corrected chi connectivity index (χ4v) is 8.60. The Hall–Kier alpha value is -1.20. The molecule has 0 radical (unpaired) electrons. The van der Waals surface area contributed by atoms with Gasteiger partial charge in [-0.1, -0.05) is 36.4 Å². The second kappa shape index (κ2) is 4.83. The first-order valence-electron chi connectivity index (χ1n) is 11.6. The predicted molar refractivity (Wildman–Crippen MR) is 105 cm³/mol. The smallest absolute Gasteiger partial charge is 0.171 e. The molecule has 6 atom stereocenters. The molecule has 0 unspecified atom stereocenters. The lowest BCUT2D eigenvalue weighted by Crippen LogP contribution is -2.51.